The van der Waals surface area contributed by atoms with E-state index in [9.17, 15) is 5.11 Å². The minimum atomic E-state index is -0.329. The molecule has 0 aromatic heterocycles. The van der Waals surface area contributed by atoms with Crippen LogP contribution in [0.2, 0.25) is 0 Å². The number of aliphatic hydroxyl groups is 2. The Bertz CT molecular complexity index is 108. The Kier molecular flexibility index (Phi) is 2.65. The summed E-state index contributed by atoms with van der Waals surface area (Å²) in [6.45, 7) is 0.0644. The molecule has 0 aromatic carbocycles. The highest BCUT2D eigenvalue weighted by atomic mass is 16.3. The number of aliphatic hydroxyl groups excluding tert-OH is 2. The molecule has 0 amide bonds. The number of hydrogen-bond acceptors (Lipinski definition) is 3. The summed E-state index contributed by atoms with van der Waals surface area (Å²) in [6, 6.07) is 0.181. The molecule has 0 bridgehead atoms. The van der Waals surface area contributed by atoms with E-state index in [2.05, 4.69) is 0 Å². The first-order chi connectivity index (χ1) is 4.74. The van der Waals surface area contributed by atoms with Gasteiger partial charge in [-0.05, 0) is 19.3 Å². The van der Waals surface area contributed by atoms with Gasteiger partial charge in [-0.25, -0.2) is 0 Å². The second kappa shape index (κ2) is 3.32. The zero-order chi connectivity index (χ0) is 7.56. The summed E-state index contributed by atoms with van der Waals surface area (Å²) in [5.74, 6) is 0.0174. The van der Waals surface area contributed by atoms with Crippen LogP contribution >= 0.6 is 0 Å². The molecule has 0 spiro atoms. The molecular weight excluding hydrogens is 130 g/mol. The van der Waals surface area contributed by atoms with Crippen LogP contribution in [-0.2, 0) is 0 Å². The van der Waals surface area contributed by atoms with E-state index in [1.54, 1.807) is 0 Å². The highest BCUT2D eigenvalue weighted by molar-refractivity contribution is 4.80. The van der Waals surface area contributed by atoms with Gasteiger partial charge in [0.05, 0.1) is 6.10 Å². The van der Waals surface area contributed by atoms with E-state index in [4.69, 9.17) is 10.8 Å². The molecule has 10 heavy (non-hydrogen) atoms. The maximum Gasteiger partial charge on any atom is 0.0591 e. The second-order valence-corrected chi connectivity index (χ2v) is 3.08. The fourth-order valence-electron chi connectivity index (χ4n) is 1.48. The average molecular weight is 145 g/mol. The number of rotatable bonds is 1. The molecule has 0 radical (unpaired) electrons. The summed E-state index contributed by atoms with van der Waals surface area (Å²) < 4.78 is 0. The van der Waals surface area contributed by atoms with E-state index >= 15 is 0 Å². The Labute approximate surface area is 60.9 Å². The third-order valence-corrected chi connectivity index (χ3v) is 2.22. The van der Waals surface area contributed by atoms with Gasteiger partial charge in [0.25, 0.3) is 0 Å². The van der Waals surface area contributed by atoms with E-state index in [-0.39, 0.29) is 24.7 Å². The fraction of sp³-hybridized carbons (Fsp3) is 1.00. The van der Waals surface area contributed by atoms with Crippen molar-refractivity contribution in [3.8, 4) is 0 Å². The van der Waals surface area contributed by atoms with Crippen LogP contribution in [0.1, 0.15) is 19.3 Å². The van der Waals surface area contributed by atoms with Crippen molar-refractivity contribution < 1.29 is 10.2 Å². The van der Waals surface area contributed by atoms with Crippen molar-refractivity contribution in [2.75, 3.05) is 6.61 Å². The Morgan fingerprint density at radius 2 is 2.10 bits per heavy atom. The van der Waals surface area contributed by atoms with Crippen LogP contribution in [0.4, 0.5) is 0 Å². The van der Waals surface area contributed by atoms with Crippen LogP contribution < -0.4 is 5.73 Å². The summed E-state index contributed by atoms with van der Waals surface area (Å²) in [5, 5.41) is 18.0. The predicted molar refractivity (Wildman–Crippen MR) is 38.4 cm³/mol. The first-order valence-corrected chi connectivity index (χ1v) is 3.78. The zero-order valence-corrected chi connectivity index (χ0v) is 6.03. The fourth-order valence-corrected chi connectivity index (χ4v) is 1.48. The molecule has 3 unspecified atom stereocenters. The van der Waals surface area contributed by atoms with Gasteiger partial charge in [0.2, 0.25) is 0 Å². The van der Waals surface area contributed by atoms with Gasteiger partial charge in [0.1, 0.15) is 0 Å². The second-order valence-electron chi connectivity index (χ2n) is 3.08. The average Bonchev–Trinajstić information content (AvgIpc) is 1.94. The van der Waals surface area contributed by atoms with Gasteiger partial charge in [-0.1, -0.05) is 0 Å². The van der Waals surface area contributed by atoms with Crippen LogP contribution in [0.5, 0.6) is 0 Å². The van der Waals surface area contributed by atoms with Gasteiger partial charge in [-0.2, -0.15) is 0 Å². The standard InChI is InChI=1S/C7H15NO2/c8-6-1-2-7(10)5(3-6)4-9/h5-7,9-10H,1-4,8H2. The van der Waals surface area contributed by atoms with E-state index in [1.165, 1.54) is 0 Å². The van der Waals surface area contributed by atoms with Gasteiger partial charge in [-0.3, -0.25) is 0 Å². The molecule has 0 saturated heterocycles. The van der Waals surface area contributed by atoms with Crippen molar-refractivity contribution in [1.29, 1.82) is 0 Å². The molecule has 3 heteroatoms. The van der Waals surface area contributed by atoms with Crippen molar-refractivity contribution in [2.24, 2.45) is 11.7 Å². The Hall–Kier alpha value is -0.120. The van der Waals surface area contributed by atoms with Crippen molar-refractivity contribution in [2.45, 2.75) is 31.4 Å². The minimum Gasteiger partial charge on any atom is -0.396 e. The molecule has 60 valence electrons. The summed E-state index contributed by atoms with van der Waals surface area (Å²) in [6.07, 6.45) is 2.06. The first kappa shape index (κ1) is 7.98. The molecule has 1 aliphatic rings. The third-order valence-electron chi connectivity index (χ3n) is 2.22. The molecule has 0 heterocycles. The summed E-state index contributed by atoms with van der Waals surface area (Å²) in [4.78, 5) is 0. The van der Waals surface area contributed by atoms with E-state index < -0.39 is 0 Å². The molecule has 1 fully saturated rings. The molecule has 3 atom stereocenters. The van der Waals surface area contributed by atoms with Gasteiger partial charge in [0.15, 0.2) is 0 Å². The van der Waals surface area contributed by atoms with Crippen LogP contribution in [0.25, 0.3) is 0 Å². The molecule has 0 aromatic rings. The SMILES string of the molecule is NC1CCC(O)C(CO)C1. The molecule has 4 N–H and O–H groups in total. The molecule has 0 aliphatic heterocycles. The van der Waals surface area contributed by atoms with Gasteiger partial charge < -0.3 is 15.9 Å². The van der Waals surface area contributed by atoms with Gasteiger partial charge in [-0.15, -0.1) is 0 Å². The third kappa shape index (κ3) is 1.68. The van der Waals surface area contributed by atoms with E-state index in [0.29, 0.717) is 0 Å². The highest BCUT2D eigenvalue weighted by Crippen LogP contribution is 2.22. The molecule has 1 rings (SSSR count). The minimum absolute atomic E-state index is 0.0174. The molecule has 3 nitrogen and oxygen atoms in total. The monoisotopic (exact) mass is 145 g/mol. The van der Waals surface area contributed by atoms with Crippen LogP contribution in [-0.4, -0.2) is 29.0 Å². The van der Waals surface area contributed by atoms with Crippen molar-refractivity contribution in [1.82, 2.24) is 0 Å². The maximum atomic E-state index is 9.27. The van der Waals surface area contributed by atoms with Gasteiger partial charge in [0, 0.05) is 18.6 Å². The van der Waals surface area contributed by atoms with E-state index in [0.717, 1.165) is 19.3 Å². The van der Waals surface area contributed by atoms with Crippen LogP contribution in [0.15, 0.2) is 0 Å². The molecule has 1 saturated carbocycles. The smallest absolute Gasteiger partial charge is 0.0591 e. The largest absolute Gasteiger partial charge is 0.396 e. The summed E-state index contributed by atoms with van der Waals surface area (Å²) >= 11 is 0. The Morgan fingerprint density at radius 3 is 2.60 bits per heavy atom. The lowest BCUT2D eigenvalue weighted by atomic mass is 9.84. The Balaban J connectivity index is 2.38. The van der Waals surface area contributed by atoms with Crippen LogP contribution in [0, 0.1) is 5.92 Å². The Morgan fingerprint density at radius 1 is 1.40 bits per heavy atom. The first-order valence-electron chi connectivity index (χ1n) is 3.78. The van der Waals surface area contributed by atoms with E-state index in [1.807, 2.05) is 0 Å². The predicted octanol–water partition coefficient (Wildman–Crippen LogP) is -0.533. The quantitative estimate of drug-likeness (QED) is 0.464. The normalized spacial score (nSPS) is 41.7. The topological polar surface area (TPSA) is 66.5 Å². The lowest BCUT2D eigenvalue weighted by Gasteiger charge is -2.29. The van der Waals surface area contributed by atoms with Crippen LogP contribution in [0.3, 0.4) is 0 Å². The van der Waals surface area contributed by atoms with Crippen molar-refractivity contribution in [3.63, 3.8) is 0 Å². The molecular formula is C7H15NO2. The zero-order valence-electron chi connectivity index (χ0n) is 6.03. The van der Waals surface area contributed by atoms with Crippen molar-refractivity contribution >= 4 is 0 Å². The number of nitrogens with two attached hydrogens (primary N) is 1. The van der Waals surface area contributed by atoms with Gasteiger partial charge >= 0.3 is 0 Å². The lowest BCUT2D eigenvalue weighted by Crippen LogP contribution is -2.37. The number of hydrogen-bond donors (Lipinski definition) is 3. The highest BCUT2D eigenvalue weighted by Gasteiger charge is 2.26. The van der Waals surface area contributed by atoms with Crippen molar-refractivity contribution in [3.05, 3.63) is 0 Å². The summed E-state index contributed by atoms with van der Waals surface area (Å²) in [5.41, 5.74) is 5.64. The lowest BCUT2D eigenvalue weighted by molar-refractivity contribution is 0.0299. The maximum absolute atomic E-state index is 9.27. The summed E-state index contributed by atoms with van der Waals surface area (Å²) in [7, 11) is 0. The molecule has 1 aliphatic carbocycles.